The van der Waals surface area contributed by atoms with Crippen molar-refractivity contribution < 1.29 is 22.7 Å². The summed E-state index contributed by atoms with van der Waals surface area (Å²) in [5.41, 5.74) is 1.86. The molecular weight excluding hydrogens is 630 g/mol. The first-order valence-electron chi connectivity index (χ1n) is 13.2. The van der Waals surface area contributed by atoms with Gasteiger partial charge in [0.05, 0.1) is 24.1 Å². The number of methoxy groups -OCH3 is 1. The molecule has 41 heavy (non-hydrogen) atoms. The molecule has 1 N–H and O–H groups in total. The molecule has 0 radical (unpaired) electrons. The van der Waals surface area contributed by atoms with Crippen LogP contribution in [0.1, 0.15) is 30.9 Å². The second-order valence-corrected chi connectivity index (χ2v) is 12.8. The molecule has 1 atom stereocenters. The molecule has 0 bridgehead atoms. The SMILES string of the molecule is CCCCNC(=O)[C@@H](Cc1ccccc1)N(Cc1cccc(Br)c1)C(=O)CN(c1ccc(OC)c(Cl)c1)S(C)(=O)=O. The third kappa shape index (κ3) is 9.48. The van der Waals surface area contributed by atoms with Crippen molar-refractivity contribution in [3.05, 3.63) is 93.4 Å². The van der Waals surface area contributed by atoms with Gasteiger partial charge in [-0.05, 0) is 47.9 Å². The largest absolute Gasteiger partial charge is 0.495 e. The van der Waals surface area contributed by atoms with Crippen LogP contribution in [-0.4, -0.2) is 57.6 Å². The molecule has 0 aliphatic rings. The van der Waals surface area contributed by atoms with E-state index in [0.717, 1.165) is 39.0 Å². The number of hydrogen-bond acceptors (Lipinski definition) is 5. The van der Waals surface area contributed by atoms with Crippen LogP contribution in [0.5, 0.6) is 5.75 Å². The van der Waals surface area contributed by atoms with Gasteiger partial charge in [0.2, 0.25) is 21.8 Å². The van der Waals surface area contributed by atoms with Gasteiger partial charge in [0.25, 0.3) is 0 Å². The van der Waals surface area contributed by atoms with Gasteiger partial charge in [-0.1, -0.05) is 83.3 Å². The fraction of sp³-hybridized carbons (Fsp3) is 0.333. The zero-order valence-electron chi connectivity index (χ0n) is 23.3. The van der Waals surface area contributed by atoms with Gasteiger partial charge in [0.1, 0.15) is 18.3 Å². The number of sulfonamides is 1. The summed E-state index contributed by atoms with van der Waals surface area (Å²) in [6.07, 6.45) is 2.98. The summed E-state index contributed by atoms with van der Waals surface area (Å²) in [6.45, 7) is 2.07. The van der Waals surface area contributed by atoms with Crippen molar-refractivity contribution in [1.29, 1.82) is 0 Å². The van der Waals surface area contributed by atoms with Crippen molar-refractivity contribution in [2.75, 3.05) is 30.8 Å². The Morgan fingerprint density at radius 1 is 1.02 bits per heavy atom. The van der Waals surface area contributed by atoms with Crippen molar-refractivity contribution in [1.82, 2.24) is 10.2 Å². The molecule has 0 saturated carbocycles. The lowest BCUT2D eigenvalue weighted by Gasteiger charge is -2.33. The van der Waals surface area contributed by atoms with Crippen LogP contribution >= 0.6 is 27.5 Å². The summed E-state index contributed by atoms with van der Waals surface area (Å²) in [6, 6.07) is 20.5. The van der Waals surface area contributed by atoms with E-state index in [1.165, 1.54) is 24.1 Å². The predicted molar refractivity (Wildman–Crippen MR) is 167 cm³/mol. The van der Waals surface area contributed by atoms with Crippen molar-refractivity contribution in [3.63, 3.8) is 0 Å². The normalized spacial score (nSPS) is 11.9. The van der Waals surface area contributed by atoms with E-state index in [2.05, 4.69) is 21.2 Å². The molecule has 2 amide bonds. The fourth-order valence-corrected chi connectivity index (χ4v) is 5.86. The minimum absolute atomic E-state index is 0.0952. The first kappa shape index (κ1) is 32.4. The highest BCUT2D eigenvalue weighted by atomic mass is 79.9. The fourth-order valence-electron chi connectivity index (χ4n) is 4.32. The molecule has 0 heterocycles. The molecular formula is C30H35BrClN3O5S. The van der Waals surface area contributed by atoms with Crippen LogP contribution < -0.4 is 14.4 Å². The van der Waals surface area contributed by atoms with E-state index >= 15 is 0 Å². The average Bonchev–Trinajstić information content (AvgIpc) is 2.93. The number of nitrogens with one attached hydrogen (secondary N) is 1. The Balaban J connectivity index is 2.04. The molecule has 0 aliphatic heterocycles. The van der Waals surface area contributed by atoms with Gasteiger partial charge >= 0.3 is 0 Å². The van der Waals surface area contributed by atoms with Crippen LogP contribution in [0.4, 0.5) is 5.69 Å². The zero-order valence-corrected chi connectivity index (χ0v) is 26.5. The molecule has 220 valence electrons. The van der Waals surface area contributed by atoms with Gasteiger partial charge in [0.15, 0.2) is 0 Å². The molecule has 11 heteroatoms. The molecule has 0 saturated heterocycles. The Hall–Kier alpha value is -3.08. The van der Waals surface area contributed by atoms with Crippen molar-refractivity contribution >= 4 is 55.1 Å². The van der Waals surface area contributed by atoms with Gasteiger partial charge < -0.3 is 15.0 Å². The van der Waals surface area contributed by atoms with Crippen LogP contribution in [-0.2, 0) is 32.6 Å². The summed E-state index contributed by atoms with van der Waals surface area (Å²) >= 11 is 9.76. The van der Waals surface area contributed by atoms with Gasteiger partial charge in [0, 0.05) is 24.0 Å². The number of unbranched alkanes of at least 4 members (excludes halogenated alkanes) is 1. The summed E-state index contributed by atoms with van der Waals surface area (Å²) < 4.78 is 32.8. The highest BCUT2D eigenvalue weighted by molar-refractivity contribution is 9.10. The number of carbonyl (C=O) groups excluding carboxylic acids is 2. The standard InChI is InChI=1S/C30H35BrClN3O5S/c1-4-5-16-33-30(37)27(18-22-10-7-6-8-11-22)34(20-23-12-9-13-24(31)17-23)29(36)21-35(41(3,38)39)25-14-15-28(40-2)26(32)19-25/h6-15,17,19,27H,4-5,16,18,20-21H2,1-3H3,(H,33,37)/t27-/m1/s1. The molecule has 0 aromatic heterocycles. The number of ether oxygens (including phenoxy) is 1. The lowest BCUT2D eigenvalue weighted by Crippen LogP contribution is -2.53. The maximum Gasteiger partial charge on any atom is 0.244 e. The lowest BCUT2D eigenvalue weighted by molar-refractivity contribution is -0.140. The van der Waals surface area contributed by atoms with Crippen molar-refractivity contribution in [3.8, 4) is 5.75 Å². The average molecular weight is 665 g/mol. The zero-order chi connectivity index (χ0) is 30.0. The highest BCUT2D eigenvalue weighted by Crippen LogP contribution is 2.30. The maximum atomic E-state index is 14.1. The summed E-state index contributed by atoms with van der Waals surface area (Å²) in [5, 5.41) is 3.17. The van der Waals surface area contributed by atoms with Crippen LogP contribution in [0, 0.1) is 0 Å². The smallest absolute Gasteiger partial charge is 0.244 e. The topological polar surface area (TPSA) is 96.0 Å². The van der Waals surface area contributed by atoms with Gasteiger partial charge in [-0.2, -0.15) is 0 Å². The molecule has 3 aromatic rings. The van der Waals surface area contributed by atoms with E-state index in [-0.39, 0.29) is 29.6 Å². The molecule has 0 fully saturated rings. The lowest BCUT2D eigenvalue weighted by atomic mass is 10.0. The number of anilines is 1. The molecule has 3 rings (SSSR count). The predicted octanol–water partition coefficient (Wildman–Crippen LogP) is 5.43. The quantitative estimate of drug-likeness (QED) is 0.232. The maximum absolute atomic E-state index is 14.1. The number of nitrogens with zero attached hydrogens (tertiary/aromatic N) is 2. The van der Waals surface area contributed by atoms with E-state index in [9.17, 15) is 18.0 Å². The van der Waals surface area contributed by atoms with E-state index < -0.39 is 28.5 Å². The number of benzene rings is 3. The number of halogens is 2. The Morgan fingerprint density at radius 3 is 2.34 bits per heavy atom. The van der Waals surface area contributed by atoms with Gasteiger partial charge in [-0.15, -0.1) is 0 Å². The number of carbonyl (C=O) groups is 2. The third-order valence-electron chi connectivity index (χ3n) is 6.45. The highest BCUT2D eigenvalue weighted by Gasteiger charge is 2.33. The van der Waals surface area contributed by atoms with Gasteiger partial charge in [-0.3, -0.25) is 13.9 Å². The Morgan fingerprint density at radius 2 is 1.73 bits per heavy atom. The van der Waals surface area contributed by atoms with Crippen LogP contribution in [0.25, 0.3) is 0 Å². The minimum atomic E-state index is -3.91. The van der Waals surface area contributed by atoms with E-state index in [0.29, 0.717) is 12.3 Å². The minimum Gasteiger partial charge on any atom is -0.495 e. The Kier molecular flexibility index (Phi) is 12.1. The number of amides is 2. The Labute approximate surface area is 255 Å². The monoisotopic (exact) mass is 663 g/mol. The summed E-state index contributed by atoms with van der Waals surface area (Å²) in [4.78, 5) is 29.2. The molecule has 0 unspecified atom stereocenters. The molecule has 3 aromatic carbocycles. The van der Waals surface area contributed by atoms with Crippen LogP contribution in [0.15, 0.2) is 77.3 Å². The van der Waals surface area contributed by atoms with E-state index in [1.54, 1.807) is 6.07 Å². The second kappa shape index (κ2) is 15.2. The third-order valence-corrected chi connectivity index (χ3v) is 8.37. The van der Waals surface area contributed by atoms with E-state index in [4.69, 9.17) is 16.3 Å². The summed E-state index contributed by atoms with van der Waals surface area (Å²) in [7, 11) is -2.45. The van der Waals surface area contributed by atoms with Crippen molar-refractivity contribution in [2.45, 2.75) is 38.8 Å². The van der Waals surface area contributed by atoms with Crippen LogP contribution in [0.2, 0.25) is 5.02 Å². The second-order valence-electron chi connectivity index (χ2n) is 9.59. The van der Waals surface area contributed by atoms with Crippen LogP contribution in [0.3, 0.4) is 0 Å². The molecule has 8 nitrogen and oxygen atoms in total. The number of rotatable bonds is 14. The molecule has 0 spiro atoms. The van der Waals surface area contributed by atoms with E-state index in [1.807, 2.05) is 61.5 Å². The molecule has 0 aliphatic carbocycles. The first-order chi connectivity index (χ1) is 19.5. The Bertz CT molecular complexity index is 1440. The first-order valence-corrected chi connectivity index (χ1v) is 16.2. The van der Waals surface area contributed by atoms with Gasteiger partial charge in [-0.25, -0.2) is 8.42 Å². The summed E-state index contributed by atoms with van der Waals surface area (Å²) in [5.74, 6) is -0.462. The number of hydrogen-bond donors (Lipinski definition) is 1. The van der Waals surface area contributed by atoms with Crippen molar-refractivity contribution in [2.24, 2.45) is 0 Å².